The quantitative estimate of drug-likeness (QED) is 0.152. The molecule has 0 unspecified atom stereocenters. The lowest BCUT2D eigenvalue weighted by Crippen LogP contribution is -2.03. The first-order chi connectivity index (χ1) is 17.5. The predicted molar refractivity (Wildman–Crippen MR) is 143 cm³/mol. The van der Waals surface area contributed by atoms with Crippen molar-refractivity contribution in [3.63, 3.8) is 0 Å². The molecule has 0 N–H and O–H groups in total. The molecule has 2 aromatic heterocycles. The van der Waals surface area contributed by atoms with Crippen molar-refractivity contribution in [2.75, 3.05) is 6.61 Å². The Morgan fingerprint density at radius 3 is 2.50 bits per heavy atom. The second-order valence-corrected chi connectivity index (χ2v) is 8.89. The van der Waals surface area contributed by atoms with Crippen molar-refractivity contribution in [1.82, 2.24) is 4.98 Å². The summed E-state index contributed by atoms with van der Waals surface area (Å²) >= 11 is 12.2. The Morgan fingerprint density at radius 2 is 1.75 bits per heavy atom. The third-order valence-electron chi connectivity index (χ3n) is 5.48. The van der Waals surface area contributed by atoms with Crippen LogP contribution in [0.2, 0.25) is 10.0 Å². The summed E-state index contributed by atoms with van der Waals surface area (Å²) in [6.45, 7) is 2.65. The van der Waals surface area contributed by atoms with Gasteiger partial charge in [0.05, 0.1) is 22.2 Å². The standard InChI is InChI=1S/C29H21Cl2NO4/c1-2-15-34-20-10-7-18(8-11-20)28(33)22(29-32-25-5-3-4-6-27(25)36-29)17-21-12-14-26(35-21)19-9-13-23(30)24(31)16-19/h3-14,16-17H,2,15H2,1H3. The number of halogens is 2. The minimum Gasteiger partial charge on any atom is -0.494 e. The fourth-order valence-corrected chi connectivity index (χ4v) is 3.97. The third kappa shape index (κ3) is 5.08. The van der Waals surface area contributed by atoms with E-state index in [-0.39, 0.29) is 17.2 Å². The zero-order valence-corrected chi connectivity index (χ0v) is 20.8. The number of carbonyl (C=O) groups is 1. The Kier molecular flexibility index (Phi) is 6.94. The van der Waals surface area contributed by atoms with Crippen LogP contribution in [0.25, 0.3) is 34.1 Å². The summed E-state index contributed by atoms with van der Waals surface area (Å²) in [4.78, 5) is 18.2. The molecule has 180 valence electrons. The van der Waals surface area contributed by atoms with Crippen LogP contribution in [0.5, 0.6) is 5.75 Å². The molecule has 0 aliphatic carbocycles. The van der Waals surface area contributed by atoms with Gasteiger partial charge in [0, 0.05) is 11.1 Å². The number of ketones is 1. The molecule has 0 radical (unpaired) electrons. The number of hydrogen-bond donors (Lipinski definition) is 0. The highest BCUT2D eigenvalue weighted by atomic mass is 35.5. The summed E-state index contributed by atoms with van der Waals surface area (Å²) in [7, 11) is 0. The van der Waals surface area contributed by atoms with E-state index in [0.717, 1.165) is 12.0 Å². The van der Waals surface area contributed by atoms with Gasteiger partial charge in [-0.15, -0.1) is 0 Å². The maximum atomic E-state index is 13.6. The number of oxazole rings is 1. The Balaban J connectivity index is 1.53. The first-order valence-electron chi connectivity index (χ1n) is 11.4. The maximum Gasteiger partial charge on any atom is 0.231 e. The van der Waals surface area contributed by atoms with Crippen LogP contribution in [-0.2, 0) is 0 Å². The maximum absolute atomic E-state index is 13.6. The van der Waals surface area contributed by atoms with Crippen molar-refractivity contribution >= 4 is 51.7 Å². The minimum atomic E-state index is -0.254. The van der Waals surface area contributed by atoms with Gasteiger partial charge in [0.15, 0.2) is 11.4 Å². The van der Waals surface area contributed by atoms with Gasteiger partial charge < -0.3 is 13.6 Å². The number of allylic oxidation sites excluding steroid dienone is 1. The summed E-state index contributed by atoms with van der Waals surface area (Å²) in [6, 6.07) is 23.2. The Morgan fingerprint density at radius 1 is 0.944 bits per heavy atom. The van der Waals surface area contributed by atoms with Crippen LogP contribution >= 0.6 is 23.2 Å². The molecule has 0 aliphatic heterocycles. The highest BCUT2D eigenvalue weighted by Gasteiger charge is 2.21. The second-order valence-electron chi connectivity index (χ2n) is 8.08. The molecular weight excluding hydrogens is 497 g/mol. The number of hydrogen-bond acceptors (Lipinski definition) is 5. The predicted octanol–water partition coefficient (Wildman–Crippen LogP) is 8.61. The number of aromatic nitrogens is 1. The summed E-state index contributed by atoms with van der Waals surface area (Å²) in [6.07, 6.45) is 2.54. The van der Waals surface area contributed by atoms with Crippen LogP contribution in [0.4, 0.5) is 0 Å². The molecule has 3 aromatic carbocycles. The Bertz CT molecular complexity index is 1530. The van der Waals surface area contributed by atoms with Gasteiger partial charge in [-0.3, -0.25) is 4.79 Å². The van der Waals surface area contributed by atoms with Crippen LogP contribution in [0.1, 0.15) is 35.4 Å². The number of ether oxygens (including phenoxy) is 1. The van der Waals surface area contributed by atoms with Gasteiger partial charge in [-0.1, -0.05) is 42.3 Å². The van der Waals surface area contributed by atoms with E-state index in [4.69, 9.17) is 36.8 Å². The molecular formula is C29H21Cl2NO4. The number of rotatable bonds is 8. The molecule has 2 heterocycles. The van der Waals surface area contributed by atoms with E-state index in [1.807, 2.05) is 37.3 Å². The Labute approximate surface area is 217 Å². The SMILES string of the molecule is CCCOc1ccc(C(=O)C(=Cc2ccc(-c3ccc(Cl)c(Cl)c3)o2)c2nc3ccccc3o2)cc1. The van der Waals surface area contributed by atoms with Crippen LogP contribution < -0.4 is 4.74 Å². The topological polar surface area (TPSA) is 65.5 Å². The molecule has 36 heavy (non-hydrogen) atoms. The molecule has 5 rings (SSSR count). The van der Waals surface area contributed by atoms with Gasteiger partial charge in [0.1, 0.15) is 22.8 Å². The van der Waals surface area contributed by atoms with Gasteiger partial charge in [0.25, 0.3) is 0 Å². The number of fused-ring (bicyclic) bond motifs is 1. The molecule has 0 saturated carbocycles. The number of para-hydroxylation sites is 2. The van der Waals surface area contributed by atoms with E-state index in [9.17, 15) is 4.79 Å². The summed E-state index contributed by atoms with van der Waals surface area (Å²) in [5.41, 5.74) is 2.75. The molecule has 0 saturated heterocycles. The number of Topliss-reactive ketones (excluding diaryl/α,β-unsaturated/α-hetero) is 1. The minimum absolute atomic E-state index is 0.208. The van der Waals surface area contributed by atoms with E-state index in [1.165, 1.54) is 0 Å². The molecule has 0 fully saturated rings. The molecule has 0 aliphatic rings. The smallest absolute Gasteiger partial charge is 0.231 e. The molecule has 0 spiro atoms. The number of furan rings is 1. The average molecular weight is 518 g/mol. The van der Waals surface area contributed by atoms with Crippen LogP contribution in [0, 0.1) is 0 Å². The van der Waals surface area contributed by atoms with E-state index >= 15 is 0 Å². The number of benzene rings is 3. The van der Waals surface area contributed by atoms with Crippen molar-refractivity contribution < 1.29 is 18.4 Å². The molecule has 5 nitrogen and oxygen atoms in total. The van der Waals surface area contributed by atoms with Gasteiger partial charge in [-0.2, -0.15) is 0 Å². The van der Waals surface area contributed by atoms with Crippen molar-refractivity contribution in [2.24, 2.45) is 0 Å². The molecule has 0 bridgehead atoms. The van der Waals surface area contributed by atoms with Crippen molar-refractivity contribution in [3.8, 4) is 17.1 Å². The molecule has 5 aromatic rings. The first-order valence-corrected chi connectivity index (χ1v) is 12.2. The monoisotopic (exact) mass is 517 g/mol. The summed E-state index contributed by atoms with van der Waals surface area (Å²) in [5, 5.41) is 0.887. The lowest BCUT2D eigenvalue weighted by molar-refractivity contribution is 0.105. The largest absolute Gasteiger partial charge is 0.494 e. The lowest BCUT2D eigenvalue weighted by Gasteiger charge is -2.06. The van der Waals surface area contributed by atoms with Crippen molar-refractivity contribution in [3.05, 3.63) is 106 Å². The number of nitrogens with zero attached hydrogens (tertiary/aromatic N) is 1. The van der Waals surface area contributed by atoms with Crippen LogP contribution in [0.15, 0.2) is 87.7 Å². The molecule has 0 atom stereocenters. The van der Waals surface area contributed by atoms with Gasteiger partial charge >= 0.3 is 0 Å². The summed E-state index contributed by atoms with van der Waals surface area (Å²) < 4.78 is 17.6. The normalized spacial score (nSPS) is 11.7. The van der Waals surface area contributed by atoms with Gasteiger partial charge in [-0.05, 0) is 79.2 Å². The molecule has 0 amide bonds. The first kappa shape index (κ1) is 23.9. The van der Waals surface area contributed by atoms with E-state index < -0.39 is 0 Å². The highest BCUT2D eigenvalue weighted by molar-refractivity contribution is 6.42. The fourth-order valence-electron chi connectivity index (χ4n) is 3.67. The molecule has 7 heteroatoms. The third-order valence-corrected chi connectivity index (χ3v) is 6.21. The lowest BCUT2D eigenvalue weighted by atomic mass is 10.0. The Hall–Kier alpha value is -3.80. The van der Waals surface area contributed by atoms with Gasteiger partial charge in [-0.25, -0.2) is 4.98 Å². The number of carbonyl (C=O) groups excluding carboxylic acids is 1. The van der Waals surface area contributed by atoms with E-state index in [2.05, 4.69) is 4.98 Å². The zero-order valence-electron chi connectivity index (χ0n) is 19.3. The fraction of sp³-hybridized carbons (Fsp3) is 0.103. The van der Waals surface area contributed by atoms with Crippen LogP contribution in [0.3, 0.4) is 0 Å². The highest BCUT2D eigenvalue weighted by Crippen LogP contribution is 2.32. The average Bonchev–Trinajstić information content (AvgIpc) is 3.54. The van der Waals surface area contributed by atoms with E-state index in [0.29, 0.717) is 50.6 Å². The van der Waals surface area contributed by atoms with E-state index in [1.54, 1.807) is 54.6 Å². The van der Waals surface area contributed by atoms with Gasteiger partial charge in [0.2, 0.25) is 5.89 Å². The second kappa shape index (κ2) is 10.4. The van der Waals surface area contributed by atoms with Crippen molar-refractivity contribution in [1.29, 1.82) is 0 Å². The zero-order chi connectivity index (χ0) is 25.1. The summed E-state index contributed by atoms with van der Waals surface area (Å²) in [5.74, 6) is 1.71. The van der Waals surface area contributed by atoms with Crippen molar-refractivity contribution in [2.45, 2.75) is 13.3 Å². The van der Waals surface area contributed by atoms with Crippen LogP contribution in [-0.4, -0.2) is 17.4 Å².